The van der Waals surface area contributed by atoms with E-state index in [0.29, 0.717) is 0 Å². The summed E-state index contributed by atoms with van der Waals surface area (Å²) in [4.78, 5) is 13.5. The van der Waals surface area contributed by atoms with E-state index < -0.39 is 0 Å². The summed E-state index contributed by atoms with van der Waals surface area (Å²) in [5.74, 6) is 0. The van der Waals surface area contributed by atoms with Crippen LogP contribution in [-0.4, -0.2) is 23.5 Å². The Morgan fingerprint density at radius 2 is 2.47 bits per heavy atom. The minimum atomic E-state index is -0.350. The lowest BCUT2D eigenvalue weighted by atomic mass is 10.2. The summed E-state index contributed by atoms with van der Waals surface area (Å²) in [5.41, 5.74) is 1.55. The molecule has 1 aromatic rings. The number of hydrogen-bond acceptors (Lipinski definition) is 5. The van der Waals surface area contributed by atoms with Crippen LogP contribution in [0.15, 0.2) is 23.1 Å². The fourth-order valence-corrected chi connectivity index (χ4v) is 3.24. The molecule has 1 aromatic carbocycles. The van der Waals surface area contributed by atoms with E-state index in [2.05, 4.69) is 10.2 Å². The Labute approximate surface area is 90.6 Å². The zero-order valence-corrected chi connectivity index (χ0v) is 8.66. The average molecular weight is 223 g/mol. The number of benzene rings is 1. The molecule has 0 radical (unpaired) electrons. The number of nitro groups is 1. The van der Waals surface area contributed by atoms with Crippen LogP contribution in [0.3, 0.4) is 0 Å². The number of anilines is 1. The third kappa shape index (κ3) is 1.29. The van der Waals surface area contributed by atoms with Crippen molar-refractivity contribution in [3.05, 3.63) is 28.3 Å². The molecular formula is C9H9N3O2S. The van der Waals surface area contributed by atoms with Crippen LogP contribution in [0.25, 0.3) is 0 Å². The number of thioether (sulfide) groups is 1. The predicted octanol–water partition coefficient (Wildman–Crippen LogP) is 1.39. The largest absolute Gasteiger partial charge is 0.345 e. The van der Waals surface area contributed by atoms with Crippen LogP contribution in [0.1, 0.15) is 0 Å². The van der Waals surface area contributed by atoms with Crippen LogP contribution in [-0.2, 0) is 0 Å². The zero-order valence-electron chi connectivity index (χ0n) is 7.84. The molecule has 1 unspecified atom stereocenters. The van der Waals surface area contributed by atoms with E-state index in [0.717, 1.165) is 23.7 Å². The van der Waals surface area contributed by atoms with Gasteiger partial charge in [-0.3, -0.25) is 15.4 Å². The Hall–Kier alpha value is -1.27. The van der Waals surface area contributed by atoms with Crippen LogP contribution >= 0.6 is 11.8 Å². The molecule has 1 fully saturated rings. The van der Waals surface area contributed by atoms with Crippen molar-refractivity contribution in [3.63, 3.8) is 0 Å². The van der Waals surface area contributed by atoms with Gasteiger partial charge in [-0.1, -0.05) is 11.8 Å². The number of nitrogens with zero attached hydrogens (tertiary/aromatic N) is 2. The lowest BCUT2D eigenvalue weighted by Crippen LogP contribution is -2.28. The molecule has 15 heavy (non-hydrogen) atoms. The molecule has 1 saturated heterocycles. The molecule has 2 aliphatic heterocycles. The van der Waals surface area contributed by atoms with E-state index in [1.54, 1.807) is 23.9 Å². The normalized spacial score (nSPS) is 22.7. The molecule has 0 aliphatic carbocycles. The maximum absolute atomic E-state index is 10.6. The van der Waals surface area contributed by atoms with Gasteiger partial charge in [0.2, 0.25) is 0 Å². The van der Waals surface area contributed by atoms with Gasteiger partial charge >= 0.3 is 0 Å². The van der Waals surface area contributed by atoms with Crippen LogP contribution in [0.4, 0.5) is 11.4 Å². The molecule has 6 heteroatoms. The molecule has 1 atom stereocenters. The van der Waals surface area contributed by atoms with Gasteiger partial charge in [-0.15, -0.1) is 0 Å². The van der Waals surface area contributed by atoms with Crippen LogP contribution in [0.5, 0.6) is 0 Å². The Kier molecular flexibility index (Phi) is 1.86. The third-order valence-corrected chi connectivity index (χ3v) is 3.88. The van der Waals surface area contributed by atoms with Crippen molar-refractivity contribution in [2.75, 3.05) is 18.0 Å². The van der Waals surface area contributed by atoms with Crippen molar-refractivity contribution in [2.24, 2.45) is 0 Å². The topological polar surface area (TPSA) is 58.4 Å². The Balaban J connectivity index is 2.03. The first-order valence-electron chi connectivity index (χ1n) is 4.71. The predicted molar refractivity (Wildman–Crippen MR) is 58.1 cm³/mol. The highest BCUT2D eigenvalue weighted by atomic mass is 32.2. The number of fused-ring (bicyclic) bond motifs is 3. The second-order valence-corrected chi connectivity index (χ2v) is 4.65. The second kappa shape index (κ2) is 3.11. The molecule has 2 heterocycles. The van der Waals surface area contributed by atoms with Crippen molar-refractivity contribution in [3.8, 4) is 0 Å². The van der Waals surface area contributed by atoms with Crippen LogP contribution < -0.4 is 10.2 Å². The van der Waals surface area contributed by atoms with E-state index in [1.165, 1.54) is 0 Å². The minimum Gasteiger partial charge on any atom is -0.345 e. The van der Waals surface area contributed by atoms with E-state index in [-0.39, 0.29) is 16.1 Å². The average Bonchev–Trinajstić information content (AvgIpc) is 2.75. The number of non-ortho nitro benzene ring substituents is 1. The molecule has 0 aromatic heterocycles. The van der Waals surface area contributed by atoms with Gasteiger partial charge in [0, 0.05) is 30.1 Å². The molecule has 0 spiro atoms. The third-order valence-electron chi connectivity index (χ3n) is 2.66. The summed E-state index contributed by atoms with van der Waals surface area (Å²) in [5, 5.41) is 13.9. The fourth-order valence-electron chi connectivity index (χ4n) is 1.96. The molecule has 2 aliphatic rings. The lowest BCUT2D eigenvalue weighted by molar-refractivity contribution is -0.385. The number of rotatable bonds is 1. The van der Waals surface area contributed by atoms with Crippen molar-refractivity contribution < 1.29 is 4.92 Å². The van der Waals surface area contributed by atoms with E-state index in [1.807, 2.05) is 6.07 Å². The quantitative estimate of drug-likeness (QED) is 0.576. The van der Waals surface area contributed by atoms with Gasteiger partial charge in [-0.25, -0.2) is 0 Å². The molecule has 5 nitrogen and oxygen atoms in total. The molecule has 3 rings (SSSR count). The summed E-state index contributed by atoms with van der Waals surface area (Å²) in [6, 6.07) is 5.06. The van der Waals surface area contributed by atoms with Crippen LogP contribution in [0.2, 0.25) is 0 Å². The Bertz CT molecular complexity index is 437. The highest BCUT2D eigenvalue weighted by molar-refractivity contribution is 8.00. The van der Waals surface area contributed by atoms with E-state index in [4.69, 9.17) is 0 Å². The summed E-state index contributed by atoms with van der Waals surface area (Å²) < 4.78 is 0. The first-order chi connectivity index (χ1) is 7.25. The molecule has 78 valence electrons. The summed E-state index contributed by atoms with van der Waals surface area (Å²) in [6.07, 6.45) is 0. The Morgan fingerprint density at radius 3 is 3.27 bits per heavy atom. The number of hydrogen-bond donors (Lipinski definition) is 1. The highest BCUT2D eigenvalue weighted by Crippen LogP contribution is 2.44. The van der Waals surface area contributed by atoms with Gasteiger partial charge in [0.25, 0.3) is 5.69 Å². The molecule has 1 N–H and O–H groups in total. The second-order valence-electron chi connectivity index (χ2n) is 3.53. The Morgan fingerprint density at radius 1 is 1.60 bits per heavy atom. The number of nitro benzene ring substituents is 1. The molecule has 0 amide bonds. The van der Waals surface area contributed by atoms with E-state index in [9.17, 15) is 10.1 Å². The van der Waals surface area contributed by atoms with Gasteiger partial charge in [0.15, 0.2) is 0 Å². The standard InChI is InChI=1S/C9H9N3O2S/c13-12(14)6-1-2-7-8(5-6)15-9-10-3-4-11(7)9/h1-2,5,9-10H,3-4H2. The first kappa shape index (κ1) is 8.99. The minimum absolute atomic E-state index is 0.169. The van der Waals surface area contributed by atoms with Gasteiger partial charge in [0.1, 0.15) is 5.50 Å². The summed E-state index contributed by atoms with van der Waals surface area (Å²) in [7, 11) is 0. The monoisotopic (exact) mass is 223 g/mol. The molecule has 0 saturated carbocycles. The van der Waals surface area contributed by atoms with Crippen molar-refractivity contribution >= 4 is 23.1 Å². The van der Waals surface area contributed by atoms with Crippen molar-refractivity contribution in [1.29, 1.82) is 0 Å². The van der Waals surface area contributed by atoms with Gasteiger partial charge in [-0.2, -0.15) is 0 Å². The van der Waals surface area contributed by atoms with Crippen LogP contribution in [0, 0.1) is 10.1 Å². The first-order valence-corrected chi connectivity index (χ1v) is 5.59. The van der Waals surface area contributed by atoms with Gasteiger partial charge in [-0.05, 0) is 6.07 Å². The fraction of sp³-hybridized carbons (Fsp3) is 0.333. The molecule has 0 bridgehead atoms. The van der Waals surface area contributed by atoms with E-state index >= 15 is 0 Å². The van der Waals surface area contributed by atoms with Crippen molar-refractivity contribution in [2.45, 2.75) is 10.4 Å². The summed E-state index contributed by atoms with van der Waals surface area (Å²) in [6.45, 7) is 1.95. The van der Waals surface area contributed by atoms with Gasteiger partial charge < -0.3 is 4.90 Å². The maximum atomic E-state index is 10.6. The highest BCUT2D eigenvalue weighted by Gasteiger charge is 2.34. The smallest absolute Gasteiger partial charge is 0.270 e. The SMILES string of the molecule is O=[N+]([O-])c1ccc2c(c1)SC1NCCN21. The van der Waals surface area contributed by atoms with Crippen molar-refractivity contribution in [1.82, 2.24) is 5.32 Å². The van der Waals surface area contributed by atoms with Gasteiger partial charge in [0.05, 0.1) is 10.6 Å². The lowest BCUT2D eigenvalue weighted by Gasteiger charge is -2.15. The zero-order chi connectivity index (χ0) is 10.4. The summed E-state index contributed by atoms with van der Waals surface area (Å²) >= 11 is 1.65. The molecular weight excluding hydrogens is 214 g/mol. The number of nitrogens with one attached hydrogen (secondary N) is 1. The maximum Gasteiger partial charge on any atom is 0.270 e.